The molecule has 0 aliphatic carbocycles. The molecule has 0 aromatic heterocycles. The van der Waals surface area contributed by atoms with Gasteiger partial charge in [0.2, 0.25) is 0 Å². The van der Waals surface area contributed by atoms with Crippen LogP contribution in [0.2, 0.25) is 0 Å². The highest BCUT2D eigenvalue weighted by Crippen LogP contribution is 2.19. The summed E-state index contributed by atoms with van der Waals surface area (Å²) in [7, 11) is -3.78. The Bertz CT molecular complexity index is 458. The van der Waals surface area contributed by atoms with E-state index in [9.17, 15) is 12.8 Å². The molecule has 15 heavy (non-hydrogen) atoms. The van der Waals surface area contributed by atoms with Gasteiger partial charge in [0.25, 0.3) is 0 Å². The van der Waals surface area contributed by atoms with Gasteiger partial charge in [0.05, 0.1) is 11.5 Å². The molecule has 0 aliphatic heterocycles. The van der Waals surface area contributed by atoms with Crippen molar-refractivity contribution < 1.29 is 17.9 Å². The molecule has 0 radical (unpaired) electrons. The van der Waals surface area contributed by atoms with Crippen LogP contribution in [0.1, 0.15) is 5.56 Å². The predicted molar refractivity (Wildman–Crippen MR) is 53.4 cm³/mol. The number of aryl methyl sites for hydroxylation is 1. The molecule has 1 aromatic carbocycles. The van der Waals surface area contributed by atoms with E-state index in [0.29, 0.717) is 0 Å². The molecule has 0 aliphatic rings. The molecule has 0 fully saturated rings. The van der Waals surface area contributed by atoms with Crippen molar-refractivity contribution in [2.24, 2.45) is 5.73 Å². The first-order valence-corrected chi connectivity index (χ1v) is 5.80. The molecule has 1 atom stereocenters. The Morgan fingerprint density at radius 1 is 1.53 bits per heavy atom. The Kier molecular flexibility index (Phi) is 3.43. The van der Waals surface area contributed by atoms with Crippen molar-refractivity contribution in [3.8, 4) is 0 Å². The van der Waals surface area contributed by atoms with Crippen molar-refractivity contribution in [3.05, 3.63) is 29.6 Å². The lowest BCUT2D eigenvalue weighted by Gasteiger charge is -2.12. The number of nitrogens with two attached hydrogens (primary N) is 1. The number of sulfone groups is 1. The van der Waals surface area contributed by atoms with Crippen LogP contribution in [0.25, 0.3) is 0 Å². The van der Waals surface area contributed by atoms with E-state index in [1.165, 1.54) is 6.92 Å². The standard InChI is InChI=1S/C9H12FNO3S/c1-6-4-7(10)2-3-8(6)15(13,14)9(11)5-12/h2-4,9,12H,5,11H2,1H3. The Labute approximate surface area is 87.5 Å². The third-order valence-electron chi connectivity index (χ3n) is 2.02. The summed E-state index contributed by atoms with van der Waals surface area (Å²) >= 11 is 0. The second-order valence-corrected chi connectivity index (χ2v) is 5.31. The lowest BCUT2D eigenvalue weighted by atomic mass is 10.2. The lowest BCUT2D eigenvalue weighted by Crippen LogP contribution is -2.34. The maximum Gasteiger partial charge on any atom is 0.196 e. The summed E-state index contributed by atoms with van der Waals surface area (Å²) in [4.78, 5) is -0.0505. The van der Waals surface area contributed by atoms with E-state index in [2.05, 4.69) is 0 Å². The first kappa shape index (κ1) is 12.1. The van der Waals surface area contributed by atoms with Crippen molar-refractivity contribution in [1.29, 1.82) is 0 Å². The van der Waals surface area contributed by atoms with Crippen LogP contribution in [0, 0.1) is 12.7 Å². The van der Waals surface area contributed by atoms with Crippen molar-refractivity contribution in [2.75, 3.05) is 6.61 Å². The number of halogens is 1. The second kappa shape index (κ2) is 4.26. The van der Waals surface area contributed by atoms with Gasteiger partial charge in [0, 0.05) is 0 Å². The van der Waals surface area contributed by atoms with Crippen molar-refractivity contribution in [2.45, 2.75) is 17.2 Å². The molecule has 0 saturated carbocycles. The quantitative estimate of drug-likeness (QED) is 0.730. The van der Waals surface area contributed by atoms with Crippen LogP contribution in [0.3, 0.4) is 0 Å². The van der Waals surface area contributed by atoms with Crippen molar-refractivity contribution >= 4 is 9.84 Å². The average molecular weight is 233 g/mol. The molecule has 4 nitrogen and oxygen atoms in total. The number of hydrogen-bond donors (Lipinski definition) is 2. The Morgan fingerprint density at radius 3 is 2.60 bits per heavy atom. The molecule has 0 saturated heterocycles. The van der Waals surface area contributed by atoms with E-state index >= 15 is 0 Å². The van der Waals surface area contributed by atoms with Gasteiger partial charge in [-0.3, -0.25) is 0 Å². The predicted octanol–water partition coefficient (Wildman–Crippen LogP) is 0.185. The van der Waals surface area contributed by atoms with Gasteiger partial charge in [-0.2, -0.15) is 0 Å². The van der Waals surface area contributed by atoms with Gasteiger partial charge in [-0.15, -0.1) is 0 Å². The SMILES string of the molecule is Cc1cc(F)ccc1S(=O)(=O)C(N)CO. The Morgan fingerprint density at radius 2 is 2.13 bits per heavy atom. The third kappa shape index (κ3) is 2.34. The van der Waals surface area contributed by atoms with Crippen LogP contribution >= 0.6 is 0 Å². The lowest BCUT2D eigenvalue weighted by molar-refractivity contribution is 0.292. The molecule has 1 aromatic rings. The molecule has 3 N–H and O–H groups in total. The molecule has 84 valence electrons. The number of aliphatic hydroxyl groups is 1. The molecule has 1 rings (SSSR count). The highest BCUT2D eigenvalue weighted by molar-refractivity contribution is 7.92. The monoisotopic (exact) mass is 233 g/mol. The third-order valence-corrected chi connectivity index (χ3v) is 4.04. The highest BCUT2D eigenvalue weighted by atomic mass is 32.2. The number of aliphatic hydroxyl groups excluding tert-OH is 1. The molecular formula is C9H12FNO3S. The van der Waals surface area contributed by atoms with E-state index in [1.807, 2.05) is 0 Å². The van der Waals surface area contributed by atoms with Crippen molar-refractivity contribution in [3.63, 3.8) is 0 Å². The molecule has 0 bridgehead atoms. The number of benzene rings is 1. The topological polar surface area (TPSA) is 80.4 Å². The van der Waals surface area contributed by atoms with Gasteiger partial charge in [0.15, 0.2) is 9.84 Å². The van der Waals surface area contributed by atoms with Crippen LogP contribution < -0.4 is 5.73 Å². The van der Waals surface area contributed by atoms with E-state index in [0.717, 1.165) is 18.2 Å². The van der Waals surface area contributed by atoms with Gasteiger partial charge >= 0.3 is 0 Å². The normalized spacial score (nSPS) is 13.9. The summed E-state index contributed by atoms with van der Waals surface area (Å²) < 4.78 is 36.1. The molecule has 0 heterocycles. The summed E-state index contributed by atoms with van der Waals surface area (Å²) in [5, 5.41) is 7.33. The van der Waals surface area contributed by atoms with Crippen LogP contribution in [-0.4, -0.2) is 25.5 Å². The zero-order valence-corrected chi connectivity index (χ0v) is 8.96. The van der Waals surface area contributed by atoms with Gasteiger partial charge in [-0.25, -0.2) is 12.8 Å². The molecule has 0 amide bonds. The van der Waals surface area contributed by atoms with Crippen molar-refractivity contribution in [1.82, 2.24) is 0 Å². The van der Waals surface area contributed by atoms with Crippen LogP contribution in [0.4, 0.5) is 4.39 Å². The first-order chi connectivity index (χ1) is 6.89. The largest absolute Gasteiger partial charge is 0.394 e. The maximum absolute atomic E-state index is 12.7. The first-order valence-electron chi connectivity index (χ1n) is 4.26. The summed E-state index contributed by atoms with van der Waals surface area (Å²) in [6.45, 7) is 0.805. The summed E-state index contributed by atoms with van der Waals surface area (Å²) in [6.07, 6.45) is 0. The molecule has 1 unspecified atom stereocenters. The van der Waals surface area contributed by atoms with E-state index in [1.54, 1.807) is 0 Å². The van der Waals surface area contributed by atoms with E-state index in [4.69, 9.17) is 10.8 Å². The smallest absolute Gasteiger partial charge is 0.196 e. The highest BCUT2D eigenvalue weighted by Gasteiger charge is 2.24. The maximum atomic E-state index is 12.7. The average Bonchev–Trinajstić information content (AvgIpc) is 2.15. The van der Waals surface area contributed by atoms with Crippen LogP contribution in [-0.2, 0) is 9.84 Å². The van der Waals surface area contributed by atoms with Gasteiger partial charge in [-0.05, 0) is 30.7 Å². The Balaban J connectivity index is 3.28. The summed E-state index contributed by atoms with van der Waals surface area (Å²) in [5.74, 6) is -0.510. The van der Waals surface area contributed by atoms with Crippen LogP contribution in [0.5, 0.6) is 0 Å². The fraction of sp³-hybridized carbons (Fsp3) is 0.333. The van der Waals surface area contributed by atoms with Gasteiger partial charge in [-0.1, -0.05) is 0 Å². The minimum atomic E-state index is -3.78. The zero-order chi connectivity index (χ0) is 11.6. The minimum Gasteiger partial charge on any atom is -0.394 e. The molecular weight excluding hydrogens is 221 g/mol. The fourth-order valence-electron chi connectivity index (χ4n) is 1.19. The Hall–Kier alpha value is -0.980. The zero-order valence-electron chi connectivity index (χ0n) is 8.14. The fourth-order valence-corrected chi connectivity index (χ4v) is 2.48. The molecule has 0 spiro atoms. The van der Waals surface area contributed by atoms with E-state index in [-0.39, 0.29) is 10.5 Å². The number of hydrogen-bond acceptors (Lipinski definition) is 4. The summed E-state index contributed by atoms with van der Waals surface area (Å²) in [5.41, 5.74) is 5.53. The van der Waals surface area contributed by atoms with Gasteiger partial charge in [0.1, 0.15) is 11.2 Å². The summed E-state index contributed by atoms with van der Waals surface area (Å²) in [6, 6.07) is 3.30. The van der Waals surface area contributed by atoms with Crippen LogP contribution in [0.15, 0.2) is 23.1 Å². The molecule has 6 heteroatoms. The number of rotatable bonds is 3. The van der Waals surface area contributed by atoms with Gasteiger partial charge < -0.3 is 10.8 Å². The minimum absolute atomic E-state index is 0.0505. The van der Waals surface area contributed by atoms with E-state index < -0.39 is 27.6 Å². The second-order valence-electron chi connectivity index (χ2n) is 3.18.